The Morgan fingerprint density at radius 2 is 1.55 bits per heavy atom. The molecule has 288 valence electrons. The molecule has 2 aromatic carbocycles. The largest absolute Gasteiger partial charge is 0.391 e. The summed E-state index contributed by atoms with van der Waals surface area (Å²) in [4.78, 5) is 60.8. The number of benzene rings is 2. The van der Waals surface area contributed by atoms with Crippen molar-refractivity contribution < 1.29 is 29.4 Å². The van der Waals surface area contributed by atoms with Gasteiger partial charge in [-0.05, 0) is 50.2 Å². The first-order chi connectivity index (χ1) is 25.3. The van der Waals surface area contributed by atoms with Crippen LogP contribution in [0.3, 0.4) is 0 Å². The zero-order valence-corrected chi connectivity index (χ0v) is 32.3. The second-order valence-electron chi connectivity index (χ2n) is 15.0. The summed E-state index contributed by atoms with van der Waals surface area (Å²) in [5, 5.41) is 32.9. The first-order valence-electron chi connectivity index (χ1n) is 18.8. The predicted octanol–water partition coefficient (Wildman–Crippen LogP) is 4.42. The van der Waals surface area contributed by atoms with Crippen LogP contribution < -0.4 is 16.0 Å². The SMILES string of the molecule is CNC(=O)C(CC(O)C(CC1CCCCC1)NC(=O)[C@H](Cc1cscn1)NC(=O)C(CC(=O)N(C)Cc1ccccc1)Cc1ccccc1)C(C)(C)O. The Balaban J connectivity index is 1.57. The lowest BCUT2D eigenvalue weighted by atomic mass is 9.80. The van der Waals surface area contributed by atoms with Crippen LogP contribution in [-0.2, 0) is 38.6 Å². The molecule has 0 spiro atoms. The normalized spacial score (nSPS) is 16.4. The minimum atomic E-state index is -1.41. The topological polar surface area (TPSA) is 161 Å². The van der Waals surface area contributed by atoms with E-state index in [0.29, 0.717) is 25.1 Å². The summed E-state index contributed by atoms with van der Waals surface area (Å²) in [6, 6.07) is 17.3. The number of nitrogens with zero attached hydrogens (tertiary/aromatic N) is 2. The molecule has 0 saturated heterocycles. The Kier molecular flexibility index (Phi) is 16.0. The molecule has 1 saturated carbocycles. The smallest absolute Gasteiger partial charge is 0.243 e. The summed E-state index contributed by atoms with van der Waals surface area (Å²) in [5.41, 5.74) is 2.74. The maximum atomic E-state index is 14.3. The number of thiazole rings is 1. The molecule has 1 fully saturated rings. The van der Waals surface area contributed by atoms with E-state index in [9.17, 15) is 29.4 Å². The van der Waals surface area contributed by atoms with Crippen molar-refractivity contribution in [1.82, 2.24) is 25.8 Å². The molecule has 1 aromatic heterocycles. The van der Waals surface area contributed by atoms with E-state index >= 15 is 0 Å². The van der Waals surface area contributed by atoms with Crippen molar-refractivity contribution in [1.29, 1.82) is 0 Å². The van der Waals surface area contributed by atoms with Crippen LogP contribution in [0.4, 0.5) is 0 Å². The van der Waals surface area contributed by atoms with E-state index in [-0.39, 0.29) is 31.1 Å². The van der Waals surface area contributed by atoms with Gasteiger partial charge >= 0.3 is 0 Å². The Labute approximate surface area is 318 Å². The van der Waals surface area contributed by atoms with E-state index < -0.39 is 53.3 Å². The number of nitrogens with one attached hydrogen (secondary N) is 3. The molecule has 1 aliphatic carbocycles. The number of hydrogen-bond donors (Lipinski definition) is 5. The van der Waals surface area contributed by atoms with Crippen LogP contribution in [0.15, 0.2) is 71.6 Å². The first-order valence-corrected chi connectivity index (χ1v) is 19.7. The maximum absolute atomic E-state index is 14.3. The Morgan fingerprint density at radius 1 is 0.906 bits per heavy atom. The molecule has 53 heavy (non-hydrogen) atoms. The second-order valence-corrected chi connectivity index (χ2v) is 15.8. The van der Waals surface area contributed by atoms with Gasteiger partial charge in [-0.15, -0.1) is 11.3 Å². The molecule has 0 bridgehead atoms. The molecule has 4 rings (SSSR count). The summed E-state index contributed by atoms with van der Waals surface area (Å²) in [6.07, 6.45) is 4.84. The van der Waals surface area contributed by atoms with Gasteiger partial charge in [0.1, 0.15) is 6.04 Å². The highest BCUT2D eigenvalue weighted by Gasteiger charge is 2.38. The molecule has 12 heteroatoms. The number of aliphatic hydroxyl groups excluding tert-OH is 1. The van der Waals surface area contributed by atoms with E-state index in [1.54, 1.807) is 17.5 Å². The molecule has 0 aliphatic heterocycles. The van der Waals surface area contributed by atoms with Crippen LogP contribution in [0.5, 0.6) is 0 Å². The standard InChI is InChI=1S/C41H57N5O6S/c1-41(2,52)33(39(50)42-3)24-36(47)34(21-29-16-10-6-11-17-29)44-40(51)35(23-32-26-53-27-43-32)45-38(49)31(20-28-14-8-5-9-15-28)22-37(48)46(4)25-30-18-12-7-13-19-30/h5,7-9,12-15,18-19,26-27,29,31,33-36,47,52H,6,10-11,16-17,20-25H2,1-4H3,(H,42,50)(H,44,51)(H,45,49)/t31?,33?,34?,35-,36?/m0/s1. The molecular weight excluding hydrogens is 691 g/mol. The Hall–Kier alpha value is -4.13. The molecule has 0 radical (unpaired) electrons. The van der Waals surface area contributed by atoms with E-state index in [4.69, 9.17) is 0 Å². The number of hydrogen-bond acceptors (Lipinski definition) is 8. The van der Waals surface area contributed by atoms with Crippen molar-refractivity contribution in [3.05, 3.63) is 88.4 Å². The van der Waals surface area contributed by atoms with E-state index in [1.807, 2.05) is 66.0 Å². The Bertz CT molecular complexity index is 1580. The van der Waals surface area contributed by atoms with Gasteiger partial charge in [0.15, 0.2) is 0 Å². The van der Waals surface area contributed by atoms with E-state index in [2.05, 4.69) is 20.9 Å². The number of rotatable bonds is 19. The minimum absolute atomic E-state index is 0.0596. The van der Waals surface area contributed by atoms with Crippen LogP contribution in [0, 0.1) is 17.8 Å². The van der Waals surface area contributed by atoms with Gasteiger partial charge in [-0.1, -0.05) is 92.8 Å². The third kappa shape index (κ3) is 13.3. The summed E-state index contributed by atoms with van der Waals surface area (Å²) in [5.74, 6) is -2.94. The number of aliphatic hydroxyl groups is 2. The highest BCUT2D eigenvalue weighted by atomic mass is 32.1. The van der Waals surface area contributed by atoms with Gasteiger partial charge in [-0.3, -0.25) is 19.2 Å². The number of carbonyl (C=O) groups is 4. The van der Waals surface area contributed by atoms with Crippen LogP contribution in [0.25, 0.3) is 0 Å². The molecule has 5 atom stereocenters. The number of amides is 4. The van der Waals surface area contributed by atoms with Crippen molar-refractivity contribution in [2.45, 2.75) is 108 Å². The van der Waals surface area contributed by atoms with E-state index in [1.165, 1.54) is 32.2 Å². The first kappa shape index (κ1) is 41.6. The number of aromatic nitrogens is 1. The highest BCUT2D eigenvalue weighted by molar-refractivity contribution is 7.07. The van der Waals surface area contributed by atoms with Crippen LogP contribution in [0.1, 0.15) is 82.0 Å². The van der Waals surface area contributed by atoms with Crippen molar-refractivity contribution in [2.24, 2.45) is 17.8 Å². The van der Waals surface area contributed by atoms with Gasteiger partial charge in [-0.25, -0.2) is 4.98 Å². The average molecular weight is 748 g/mol. The molecule has 4 amide bonds. The predicted molar refractivity (Wildman–Crippen MR) is 207 cm³/mol. The monoisotopic (exact) mass is 747 g/mol. The summed E-state index contributed by atoms with van der Waals surface area (Å²) < 4.78 is 0. The van der Waals surface area contributed by atoms with Gasteiger partial charge in [0.25, 0.3) is 0 Å². The number of carbonyl (C=O) groups excluding carboxylic acids is 4. The third-order valence-corrected chi connectivity index (χ3v) is 11.0. The van der Waals surface area contributed by atoms with Gasteiger partial charge in [0.05, 0.1) is 40.8 Å². The third-order valence-electron chi connectivity index (χ3n) is 10.3. The van der Waals surface area contributed by atoms with Crippen molar-refractivity contribution in [2.75, 3.05) is 14.1 Å². The van der Waals surface area contributed by atoms with E-state index in [0.717, 1.165) is 43.2 Å². The zero-order chi connectivity index (χ0) is 38.4. The van der Waals surface area contributed by atoms with Gasteiger partial charge < -0.3 is 31.1 Å². The molecule has 5 N–H and O–H groups in total. The molecule has 1 aliphatic rings. The lowest BCUT2D eigenvalue weighted by Gasteiger charge is -2.35. The fourth-order valence-electron chi connectivity index (χ4n) is 7.19. The zero-order valence-electron chi connectivity index (χ0n) is 31.5. The summed E-state index contributed by atoms with van der Waals surface area (Å²) >= 11 is 1.38. The average Bonchev–Trinajstić information content (AvgIpc) is 3.66. The van der Waals surface area contributed by atoms with Gasteiger partial charge in [0, 0.05) is 38.9 Å². The molecular formula is C41H57N5O6S. The lowest BCUT2D eigenvalue weighted by Crippen LogP contribution is -2.56. The van der Waals surface area contributed by atoms with Gasteiger partial charge in [-0.2, -0.15) is 0 Å². The fourth-order valence-corrected chi connectivity index (χ4v) is 7.76. The van der Waals surface area contributed by atoms with Gasteiger partial charge in [0.2, 0.25) is 23.6 Å². The van der Waals surface area contributed by atoms with Crippen LogP contribution in [-0.4, -0.2) is 81.6 Å². The van der Waals surface area contributed by atoms with Crippen LogP contribution >= 0.6 is 11.3 Å². The molecule has 3 aromatic rings. The van der Waals surface area contributed by atoms with Crippen molar-refractivity contribution in [3.8, 4) is 0 Å². The quantitative estimate of drug-likeness (QED) is 0.121. The second kappa shape index (κ2) is 20.4. The summed E-state index contributed by atoms with van der Waals surface area (Å²) in [6.45, 7) is 3.46. The summed E-state index contributed by atoms with van der Waals surface area (Å²) in [7, 11) is 3.20. The van der Waals surface area contributed by atoms with Crippen molar-refractivity contribution in [3.63, 3.8) is 0 Å². The maximum Gasteiger partial charge on any atom is 0.243 e. The minimum Gasteiger partial charge on any atom is -0.391 e. The fraction of sp³-hybridized carbons (Fsp3) is 0.537. The lowest BCUT2D eigenvalue weighted by molar-refractivity contribution is -0.137. The molecule has 1 heterocycles. The van der Waals surface area contributed by atoms with Crippen LogP contribution in [0.2, 0.25) is 0 Å². The van der Waals surface area contributed by atoms with Crippen molar-refractivity contribution >= 4 is 35.0 Å². The Morgan fingerprint density at radius 3 is 2.13 bits per heavy atom. The molecule has 4 unspecified atom stereocenters. The highest BCUT2D eigenvalue weighted by Crippen LogP contribution is 2.30. The molecule has 11 nitrogen and oxygen atoms in total.